The van der Waals surface area contributed by atoms with Crippen molar-refractivity contribution < 1.29 is 14.4 Å². The van der Waals surface area contributed by atoms with Crippen molar-refractivity contribution in [3.63, 3.8) is 0 Å². The molecule has 5 nitrogen and oxygen atoms in total. The van der Waals surface area contributed by atoms with Crippen LogP contribution in [0.1, 0.15) is 49.5 Å². The van der Waals surface area contributed by atoms with Crippen molar-refractivity contribution in [1.82, 2.24) is 10.6 Å². The molecule has 0 radical (unpaired) electrons. The number of imide groups is 1. The molecule has 2 atom stereocenters. The smallest absolute Gasteiger partial charge is 0.286 e. The fourth-order valence-corrected chi connectivity index (χ4v) is 5.83. The molecule has 2 unspecified atom stereocenters. The molecule has 0 saturated carbocycles. The first-order valence-electron chi connectivity index (χ1n) is 10.9. The highest BCUT2D eigenvalue weighted by Crippen LogP contribution is 2.32. The molecule has 7 heteroatoms. The molecule has 1 aromatic carbocycles. The molecule has 1 saturated heterocycles. The van der Waals surface area contributed by atoms with Crippen molar-refractivity contribution in [2.24, 2.45) is 5.92 Å². The van der Waals surface area contributed by atoms with Crippen LogP contribution in [0.5, 0.6) is 0 Å². The molecule has 2 N–H and O–H groups in total. The van der Waals surface area contributed by atoms with Crippen LogP contribution in [0.25, 0.3) is 10.4 Å². The third kappa shape index (κ3) is 6.94. The Morgan fingerprint density at radius 1 is 1.19 bits per heavy atom. The molecule has 0 aliphatic carbocycles. The first kappa shape index (κ1) is 23.5. The quantitative estimate of drug-likeness (QED) is 0.455. The van der Waals surface area contributed by atoms with Gasteiger partial charge in [-0.2, -0.15) is 0 Å². The molecule has 0 spiro atoms. The molecule has 2 aromatic rings. The van der Waals surface area contributed by atoms with Gasteiger partial charge in [0.05, 0.1) is 5.25 Å². The van der Waals surface area contributed by atoms with Crippen LogP contribution in [0.15, 0.2) is 36.4 Å². The molecule has 2 heterocycles. The van der Waals surface area contributed by atoms with E-state index in [1.165, 1.54) is 16.0 Å². The lowest BCUT2D eigenvalue weighted by atomic mass is 9.91. The fraction of sp³-hybridized carbons (Fsp3) is 0.458. The number of hydrogen-bond donors (Lipinski definition) is 2. The lowest BCUT2D eigenvalue weighted by Gasteiger charge is -2.15. The summed E-state index contributed by atoms with van der Waals surface area (Å²) >= 11 is 2.77. The number of nitrogens with one attached hydrogen (secondary N) is 2. The van der Waals surface area contributed by atoms with Crippen LogP contribution >= 0.6 is 23.1 Å². The second-order valence-electron chi connectivity index (χ2n) is 7.95. The Morgan fingerprint density at radius 2 is 2.03 bits per heavy atom. The van der Waals surface area contributed by atoms with Gasteiger partial charge < -0.3 is 5.32 Å². The largest absolute Gasteiger partial charge is 0.359 e. The predicted molar refractivity (Wildman–Crippen MR) is 128 cm³/mol. The average Bonchev–Trinajstić information content (AvgIpc) is 3.36. The van der Waals surface area contributed by atoms with Crippen molar-refractivity contribution in [1.29, 1.82) is 0 Å². The standard InChI is InChI=1S/C24H30N2O3S2/c1-3-16(7-4-5-10-22(27)25-2)13-17-8-6-9-18(14-17)20-12-11-19(30-20)15-21-23(28)26-24(29)31-21/h6,8-9,11-12,14,16,21H,3-5,7,10,13,15H2,1-2H3,(H,25,27)(H,26,28,29). The number of unbranched alkanes of at least 4 members (excludes halogenated alkanes) is 1. The minimum Gasteiger partial charge on any atom is -0.359 e. The number of thiophene rings is 1. The maximum Gasteiger partial charge on any atom is 0.286 e. The summed E-state index contributed by atoms with van der Waals surface area (Å²) in [6.45, 7) is 2.24. The van der Waals surface area contributed by atoms with Crippen LogP contribution in [-0.4, -0.2) is 29.4 Å². The van der Waals surface area contributed by atoms with E-state index in [0.717, 1.165) is 48.7 Å². The second-order valence-corrected chi connectivity index (χ2v) is 10.3. The number of rotatable bonds is 11. The third-order valence-electron chi connectivity index (χ3n) is 5.67. The average molecular weight is 459 g/mol. The van der Waals surface area contributed by atoms with Crippen LogP contribution in [0, 0.1) is 5.92 Å². The van der Waals surface area contributed by atoms with E-state index in [9.17, 15) is 14.4 Å². The number of amides is 3. The van der Waals surface area contributed by atoms with Gasteiger partial charge in [-0.25, -0.2) is 0 Å². The maximum atomic E-state index is 11.8. The van der Waals surface area contributed by atoms with Gasteiger partial charge in [0.1, 0.15) is 0 Å². The van der Waals surface area contributed by atoms with Crippen LogP contribution in [0.3, 0.4) is 0 Å². The molecule has 0 bridgehead atoms. The summed E-state index contributed by atoms with van der Waals surface area (Å²) in [7, 11) is 1.69. The Kier molecular flexibility index (Phi) is 8.72. The summed E-state index contributed by atoms with van der Waals surface area (Å²) in [4.78, 5) is 36.9. The Hall–Kier alpha value is -2.12. The molecule has 1 aliphatic heterocycles. The molecule has 1 aromatic heterocycles. The summed E-state index contributed by atoms with van der Waals surface area (Å²) in [6.07, 6.45) is 6.53. The molecular formula is C24H30N2O3S2. The van der Waals surface area contributed by atoms with Gasteiger partial charge in [0, 0.05) is 29.6 Å². The van der Waals surface area contributed by atoms with Gasteiger partial charge in [-0.3, -0.25) is 19.7 Å². The zero-order valence-corrected chi connectivity index (χ0v) is 19.7. The van der Waals surface area contributed by atoms with Gasteiger partial charge in [-0.1, -0.05) is 62.2 Å². The van der Waals surface area contributed by atoms with Crippen LogP contribution in [0.4, 0.5) is 4.79 Å². The van der Waals surface area contributed by atoms with E-state index >= 15 is 0 Å². The van der Waals surface area contributed by atoms with Gasteiger partial charge in [0.25, 0.3) is 5.24 Å². The highest BCUT2D eigenvalue weighted by atomic mass is 32.2. The number of carbonyl (C=O) groups is 3. The molecule has 3 amide bonds. The Labute approximate surface area is 192 Å². The van der Waals surface area contributed by atoms with Crippen molar-refractivity contribution >= 4 is 40.2 Å². The summed E-state index contributed by atoms with van der Waals surface area (Å²) in [5.41, 5.74) is 2.53. The molecule has 1 fully saturated rings. The highest BCUT2D eigenvalue weighted by Gasteiger charge is 2.31. The third-order valence-corrected chi connectivity index (χ3v) is 7.81. The lowest BCUT2D eigenvalue weighted by molar-refractivity contribution is -0.121. The monoisotopic (exact) mass is 458 g/mol. The van der Waals surface area contributed by atoms with Crippen molar-refractivity contribution in [3.05, 3.63) is 46.8 Å². The van der Waals surface area contributed by atoms with Gasteiger partial charge in [-0.05, 0) is 42.0 Å². The van der Waals surface area contributed by atoms with Crippen LogP contribution in [-0.2, 0) is 22.4 Å². The van der Waals surface area contributed by atoms with Crippen molar-refractivity contribution in [2.45, 2.75) is 57.1 Å². The first-order chi connectivity index (χ1) is 15.0. The number of benzene rings is 1. The summed E-state index contributed by atoms with van der Waals surface area (Å²) < 4.78 is 0. The lowest BCUT2D eigenvalue weighted by Crippen LogP contribution is -2.25. The Bertz CT molecular complexity index is 925. The number of carbonyl (C=O) groups excluding carboxylic acids is 3. The zero-order chi connectivity index (χ0) is 22.2. The van der Waals surface area contributed by atoms with Gasteiger partial charge in [0.2, 0.25) is 11.8 Å². The minimum absolute atomic E-state index is 0.120. The molecule has 1 aliphatic rings. The summed E-state index contributed by atoms with van der Waals surface area (Å²) in [5.74, 6) is 0.553. The van der Waals surface area contributed by atoms with E-state index < -0.39 is 0 Å². The van der Waals surface area contributed by atoms with Crippen LogP contribution in [0.2, 0.25) is 0 Å². The van der Waals surface area contributed by atoms with E-state index in [2.05, 4.69) is 54.0 Å². The maximum absolute atomic E-state index is 11.8. The van der Waals surface area contributed by atoms with Gasteiger partial charge in [-0.15, -0.1) is 11.3 Å². The topological polar surface area (TPSA) is 75.3 Å². The molecule has 166 valence electrons. The van der Waals surface area contributed by atoms with E-state index in [-0.39, 0.29) is 22.3 Å². The van der Waals surface area contributed by atoms with Gasteiger partial charge >= 0.3 is 0 Å². The van der Waals surface area contributed by atoms with Crippen LogP contribution < -0.4 is 10.6 Å². The SMILES string of the molecule is CCC(CCCCC(=O)NC)Cc1cccc(-c2ccc(CC3SC(=O)NC3=O)s2)c1. The molecule has 31 heavy (non-hydrogen) atoms. The van der Waals surface area contributed by atoms with Crippen molar-refractivity contribution in [2.75, 3.05) is 7.05 Å². The van der Waals surface area contributed by atoms with Gasteiger partial charge in [0.15, 0.2) is 0 Å². The van der Waals surface area contributed by atoms with E-state index in [4.69, 9.17) is 0 Å². The Morgan fingerprint density at radius 3 is 2.74 bits per heavy atom. The van der Waals surface area contributed by atoms with E-state index in [0.29, 0.717) is 18.8 Å². The van der Waals surface area contributed by atoms with E-state index in [1.54, 1.807) is 18.4 Å². The second kappa shape index (κ2) is 11.5. The van der Waals surface area contributed by atoms with Crippen molar-refractivity contribution in [3.8, 4) is 10.4 Å². The zero-order valence-electron chi connectivity index (χ0n) is 18.1. The summed E-state index contributed by atoms with van der Waals surface area (Å²) in [5, 5.41) is 4.46. The summed E-state index contributed by atoms with van der Waals surface area (Å²) in [6, 6.07) is 12.9. The van der Waals surface area contributed by atoms with E-state index in [1.807, 2.05) is 0 Å². The molecular weight excluding hydrogens is 428 g/mol. The first-order valence-corrected chi connectivity index (χ1v) is 12.6. The predicted octanol–water partition coefficient (Wildman–Crippen LogP) is 5.18. The highest BCUT2D eigenvalue weighted by molar-refractivity contribution is 8.15. The number of thioether (sulfide) groups is 1. The number of hydrogen-bond acceptors (Lipinski definition) is 5. The fourth-order valence-electron chi connectivity index (χ4n) is 3.83. The minimum atomic E-state index is -0.320. The molecule has 3 rings (SSSR count). The Balaban J connectivity index is 1.57. The normalized spacial score (nSPS) is 16.9.